The van der Waals surface area contributed by atoms with Crippen molar-refractivity contribution in [2.45, 2.75) is 24.9 Å². The van der Waals surface area contributed by atoms with Gasteiger partial charge in [-0.2, -0.15) is 0 Å². The van der Waals surface area contributed by atoms with Gasteiger partial charge in [0.05, 0.1) is 17.7 Å². The van der Waals surface area contributed by atoms with E-state index in [4.69, 9.17) is 4.52 Å². The average molecular weight is 482 g/mol. The SMILES string of the molecule is CN(C)c1cc(-c2cnoc2)c(O)c2c1C[C@H]1C[C@H]3CC(=O)C(C(=O)O)C(=O)[C@@]3(O)C(=O)C1C2=O. The first-order valence-corrected chi connectivity index (χ1v) is 11.0. The Bertz CT molecular complexity index is 1310. The first kappa shape index (κ1) is 22.9. The normalized spacial score (nSPS) is 29.9. The van der Waals surface area contributed by atoms with Crippen molar-refractivity contribution in [3.8, 4) is 16.9 Å². The number of hydrogen-bond acceptors (Lipinski definition) is 10. The second kappa shape index (κ2) is 7.57. The van der Waals surface area contributed by atoms with Crippen LogP contribution in [0.5, 0.6) is 5.75 Å². The van der Waals surface area contributed by atoms with Crippen molar-refractivity contribution in [3.63, 3.8) is 0 Å². The topological polar surface area (TPSA) is 175 Å². The summed E-state index contributed by atoms with van der Waals surface area (Å²) in [5, 5.41) is 35.3. The Balaban J connectivity index is 1.66. The van der Waals surface area contributed by atoms with Crippen LogP contribution in [0.1, 0.15) is 28.8 Å². The van der Waals surface area contributed by atoms with E-state index in [1.54, 1.807) is 25.1 Å². The molecule has 3 N–H and O–H groups in total. The number of anilines is 1. The minimum absolute atomic E-state index is 0.00291. The van der Waals surface area contributed by atoms with Gasteiger partial charge in [-0.25, -0.2) is 0 Å². The molecule has 3 aliphatic rings. The summed E-state index contributed by atoms with van der Waals surface area (Å²) in [6.45, 7) is 0. The van der Waals surface area contributed by atoms with Gasteiger partial charge in [-0.05, 0) is 30.4 Å². The van der Waals surface area contributed by atoms with E-state index >= 15 is 0 Å². The molecule has 2 fully saturated rings. The van der Waals surface area contributed by atoms with Crippen LogP contribution in [0.2, 0.25) is 0 Å². The van der Waals surface area contributed by atoms with E-state index in [1.165, 1.54) is 12.5 Å². The quantitative estimate of drug-likeness (QED) is 0.524. The monoisotopic (exact) mass is 482 g/mol. The molecule has 1 aromatic carbocycles. The Labute approximate surface area is 198 Å². The van der Waals surface area contributed by atoms with Gasteiger partial charge < -0.3 is 24.7 Å². The number of carbonyl (C=O) groups excluding carboxylic acids is 4. The Kier molecular flexibility index (Phi) is 4.96. The van der Waals surface area contributed by atoms with Gasteiger partial charge in [0.15, 0.2) is 34.7 Å². The van der Waals surface area contributed by atoms with Crippen LogP contribution < -0.4 is 4.90 Å². The van der Waals surface area contributed by atoms with Crippen molar-refractivity contribution in [1.82, 2.24) is 5.16 Å². The molecule has 11 nitrogen and oxygen atoms in total. The lowest BCUT2D eigenvalue weighted by atomic mass is 9.54. The molecule has 0 saturated heterocycles. The predicted octanol–water partition coefficient (Wildman–Crippen LogP) is 0.647. The third kappa shape index (κ3) is 3.00. The molecule has 1 aromatic heterocycles. The number of ketones is 4. The lowest BCUT2D eigenvalue weighted by molar-refractivity contribution is -0.178. The van der Waals surface area contributed by atoms with E-state index in [-0.39, 0.29) is 29.7 Å². The zero-order chi connectivity index (χ0) is 25.4. The van der Waals surface area contributed by atoms with Gasteiger partial charge in [0, 0.05) is 43.2 Å². The third-order valence-electron chi connectivity index (χ3n) is 7.57. The zero-order valence-corrected chi connectivity index (χ0v) is 18.8. The molecule has 1 heterocycles. The molecule has 182 valence electrons. The zero-order valence-electron chi connectivity index (χ0n) is 18.8. The Morgan fingerprint density at radius 2 is 1.89 bits per heavy atom. The van der Waals surface area contributed by atoms with E-state index < -0.39 is 64.8 Å². The summed E-state index contributed by atoms with van der Waals surface area (Å²) in [4.78, 5) is 65.9. The van der Waals surface area contributed by atoms with Crippen LogP contribution in [-0.4, -0.2) is 69.3 Å². The summed E-state index contributed by atoms with van der Waals surface area (Å²) < 4.78 is 4.86. The minimum atomic E-state index is -2.75. The average Bonchev–Trinajstić information content (AvgIpc) is 3.30. The number of fused-ring (bicyclic) bond motifs is 3. The summed E-state index contributed by atoms with van der Waals surface area (Å²) in [7, 11) is 3.52. The number of nitrogens with zero attached hydrogens (tertiary/aromatic N) is 2. The van der Waals surface area contributed by atoms with Gasteiger partial charge in [0.2, 0.25) is 0 Å². The van der Waals surface area contributed by atoms with Crippen LogP contribution >= 0.6 is 0 Å². The highest BCUT2D eigenvalue weighted by molar-refractivity contribution is 6.31. The Morgan fingerprint density at radius 1 is 1.17 bits per heavy atom. The van der Waals surface area contributed by atoms with Crippen LogP contribution in [0.15, 0.2) is 23.0 Å². The van der Waals surface area contributed by atoms with Crippen molar-refractivity contribution in [1.29, 1.82) is 0 Å². The lowest BCUT2D eigenvalue weighted by Crippen LogP contribution is -2.67. The van der Waals surface area contributed by atoms with E-state index in [0.717, 1.165) is 0 Å². The smallest absolute Gasteiger partial charge is 0.321 e. The van der Waals surface area contributed by atoms with Crippen molar-refractivity contribution in [3.05, 3.63) is 29.7 Å². The van der Waals surface area contributed by atoms with E-state index in [2.05, 4.69) is 5.16 Å². The molecule has 0 spiro atoms. The highest BCUT2D eigenvalue weighted by atomic mass is 16.5. The molecule has 11 heteroatoms. The fraction of sp³-hybridized carbons (Fsp3) is 0.417. The molecule has 5 atom stereocenters. The Morgan fingerprint density at radius 3 is 2.49 bits per heavy atom. The minimum Gasteiger partial charge on any atom is -0.507 e. The molecular weight excluding hydrogens is 460 g/mol. The number of carboxylic acid groups (broad SMARTS) is 1. The summed E-state index contributed by atoms with van der Waals surface area (Å²) in [5.41, 5.74) is -1.06. The lowest BCUT2D eigenvalue weighted by Gasteiger charge is -2.48. The largest absolute Gasteiger partial charge is 0.507 e. The van der Waals surface area contributed by atoms with Crippen molar-refractivity contribution in [2.75, 3.05) is 19.0 Å². The van der Waals surface area contributed by atoms with Gasteiger partial charge in [0.25, 0.3) is 0 Å². The number of carboxylic acids is 1. The molecule has 35 heavy (non-hydrogen) atoms. The van der Waals surface area contributed by atoms with Crippen LogP contribution in [0.25, 0.3) is 11.1 Å². The van der Waals surface area contributed by atoms with Crippen LogP contribution in [-0.2, 0) is 25.6 Å². The van der Waals surface area contributed by atoms with E-state index in [9.17, 15) is 39.3 Å². The van der Waals surface area contributed by atoms with E-state index in [0.29, 0.717) is 16.8 Å². The first-order valence-electron chi connectivity index (χ1n) is 11.0. The molecule has 0 radical (unpaired) electrons. The van der Waals surface area contributed by atoms with Gasteiger partial charge in [-0.15, -0.1) is 0 Å². The molecule has 5 rings (SSSR count). The first-order chi connectivity index (χ1) is 16.5. The maximum Gasteiger partial charge on any atom is 0.321 e. The van der Waals surface area contributed by atoms with E-state index in [1.807, 2.05) is 0 Å². The maximum absolute atomic E-state index is 13.7. The number of hydrogen-bond donors (Lipinski definition) is 3. The number of benzene rings is 1. The molecular formula is C24H22N2O9. The van der Waals surface area contributed by atoms with Crippen molar-refractivity contribution >= 4 is 34.8 Å². The Hall–Kier alpha value is -3.86. The molecule has 2 unspecified atom stereocenters. The fourth-order valence-corrected chi connectivity index (χ4v) is 5.93. The van der Waals surface area contributed by atoms with Gasteiger partial charge >= 0.3 is 5.97 Å². The third-order valence-corrected chi connectivity index (χ3v) is 7.57. The number of aliphatic carboxylic acids is 1. The number of Topliss-reactive ketones (excluding diaryl/α,β-unsaturated/α-hetero) is 4. The van der Waals surface area contributed by atoms with Crippen LogP contribution in [0, 0.1) is 23.7 Å². The predicted molar refractivity (Wildman–Crippen MR) is 117 cm³/mol. The fourth-order valence-electron chi connectivity index (χ4n) is 5.93. The number of aromatic hydroxyl groups is 1. The maximum atomic E-state index is 13.7. The number of phenols is 1. The highest BCUT2D eigenvalue weighted by Gasteiger charge is 2.66. The number of rotatable bonds is 3. The van der Waals surface area contributed by atoms with Crippen LogP contribution in [0.3, 0.4) is 0 Å². The number of aromatic nitrogens is 1. The molecule has 0 bridgehead atoms. The summed E-state index contributed by atoms with van der Waals surface area (Å²) in [6, 6.07) is 1.68. The number of carbonyl (C=O) groups is 5. The van der Waals surface area contributed by atoms with Crippen LogP contribution in [0.4, 0.5) is 5.69 Å². The summed E-state index contributed by atoms with van der Waals surface area (Å²) >= 11 is 0. The number of phenolic OH excluding ortho intramolecular Hbond substituents is 1. The molecule has 3 aliphatic carbocycles. The van der Waals surface area contributed by atoms with Gasteiger partial charge in [-0.3, -0.25) is 24.0 Å². The molecule has 0 amide bonds. The summed E-state index contributed by atoms with van der Waals surface area (Å²) in [6.07, 6.45) is 2.38. The van der Waals surface area contributed by atoms with Crippen molar-refractivity contribution < 1.29 is 43.8 Å². The second-order valence-corrected chi connectivity index (χ2v) is 9.63. The highest BCUT2D eigenvalue weighted by Crippen LogP contribution is 2.52. The molecule has 2 saturated carbocycles. The van der Waals surface area contributed by atoms with Gasteiger partial charge in [0.1, 0.15) is 12.0 Å². The molecule has 2 aromatic rings. The summed E-state index contributed by atoms with van der Waals surface area (Å²) in [5.74, 6) is -11.6. The standard InChI is InChI=1S/C24H22N2O9/c1-26(2)14-6-12(10-7-25-35-8-10)19(28)17-13(14)4-9-3-11-5-15(27)18(23(32)33)22(31)24(11,34)21(30)16(9)20(17)29/h6-9,11,16,18,28,34H,3-5H2,1-2H3,(H,32,33)/t9-,11+,16?,18?,24+/m1/s1. The number of aliphatic hydroxyl groups is 1. The van der Waals surface area contributed by atoms with Gasteiger partial charge in [-0.1, -0.05) is 5.16 Å². The van der Waals surface area contributed by atoms with Crippen molar-refractivity contribution in [2.24, 2.45) is 23.7 Å². The second-order valence-electron chi connectivity index (χ2n) is 9.63. The molecule has 0 aliphatic heterocycles.